The molecule has 0 aromatic rings. The van der Waals surface area contributed by atoms with Crippen LogP contribution in [-0.2, 0) is 0 Å². The molecule has 14 heavy (non-hydrogen) atoms. The van der Waals surface area contributed by atoms with Crippen LogP contribution < -0.4 is 0 Å². The SMILES string of the molecule is CC1CC(C)CN(N2CCCCC2)C1. The van der Waals surface area contributed by atoms with Gasteiger partial charge in [-0.1, -0.05) is 20.3 Å². The van der Waals surface area contributed by atoms with Gasteiger partial charge in [0.2, 0.25) is 0 Å². The first kappa shape index (κ1) is 10.4. The predicted octanol–water partition coefficient (Wildman–Crippen LogP) is 2.37. The Hall–Kier alpha value is -0.0800. The van der Waals surface area contributed by atoms with Crippen LogP contribution in [0, 0.1) is 11.8 Å². The Bertz CT molecular complexity index is 165. The number of rotatable bonds is 1. The number of nitrogens with zero attached hydrogens (tertiary/aromatic N) is 2. The second-order valence-corrected chi connectivity index (χ2v) is 5.33. The van der Waals surface area contributed by atoms with Gasteiger partial charge in [0.25, 0.3) is 0 Å². The van der Waals surface area contributed by atoms with E-state index in [0.717, 1.165) is 11.8 Å². The topological polar surface area (TPSA) is 6.48 Å². The summed E-state index contributed by atoms with van der Waals surface area (Å²) in [5.41, 5.74) is 0. The lowest BCUT2D eigenvalue weighted by Crippen LogP contribution is -2.51. The quantitative estimate of drug-likeness (QED) is 0.635. The van der Waals surface area contributed by atoms with Crippen LogP contribution in [0.25, 0.3) is 0 Å². The molecule has 2 fully saturated rings. The molecule has 2 saturated heterocycles. The van der Waals surface area contributed by atoms with E-state index in [2.05, 4.69) is 23.9 Å². The first-order valence-corrected chi connectivity index (χ1v) is 6.25. The van der Waals surface area contributed by atoms with Crippen LogP contribution in [0.3, 0.4) is 0 Å². The summed E-state index contributed by atoms with van der Waals surface area (Å²) in [4.78, 5) is 0. The van der Waals surface area contributed by atoms with Gasteiger partial charge >= 0.3 is 0 Å². The molecule has 0 bridgehead atoms. The predicted molar refractivity (Wildman–Crippen MR) is 59.9 cm³/mol. The summed E-state index contributed by atoms with van der Waals surface area (Å²) in [5, 5.41) is 5.23. The summed E-state index contributed by atoms with van der Waals surface area (Å²) >= 11 is 0. The van der Waals surface area contributed by atoms with E-state index in [0.29, 0.717) is 0 Å². The van der Waals surface area contributed by atoms with E-state index in [1.807, 2.05) is 0 Å². The van der Waals surface area contributed by atoms with Crippen LogP contribution in [0.5, 0.6) is 0 Å². The van der Waals surface area contributed by atoms with Crippen molar-refractivity contribution in [2.45, 2.75) is 39.5 Å². The molecule has 2 aliphatic rings. The summed E-state index contributed by atoms with van der Waals surface area (Å²) in [5.74, 6) is 1.78. The van der Waals surface area contributed by atoms with Gasteiger partial charge in [-0.2, -0.15) is 0 Å². The average Bonchev–Trinajstić information content (AvgIpc) is 2.18. The maximum Gasteiger partial charge on any atom is 0.0159 e. The molecule has 0 aliphatic carbocycles. The summed E-state index contributed by atoms with van der Waals surface area (Å²) < 4.78 is 0. The lowest BCUT2D eigenvalue weighted by atomic mass is 9.93. The lowest BCUT2D eigenvalue weighted by Gasteiger charge is -2.43. The smallest absolute Gasteiger partial charge is 0.0159 e. The molecular formula is C12H24N2. The number of hydrogen-bond acceptors (Lipinski definition) is 2. The number of piperidine rings is 2. The van der Waals surface area contributed by atoms with Gasteiger partial charge < -0.3 is 0 Å². The minimum atomic E-state index is 0.890. The van der Waals surface area contributed by atoms with Gasteiger partial charge in [-0.15, -0.1) is 0 Å². The molecule has 0 N–H and O–H groups in total. The highest BCUT2D eigenvalue weighted by atomic mass is 15.6. The highest BCUT2D eigenvalue weighted by molar-refractivity contribution is 4.75. The van der Waals surface area contributed by atoms with Crippen molar-refractivity contribution in [3.8, 4) is 0 Å². The van der Waals surface area contributed by atoms with E-state index in [1.165, 1.54) is 51.9 Å². The van der Waals surface area contributed by atoms with Crippen molar-refractivity contribution >= 4 is 0 Å². The second-order valence-electron chi connectivity index (χ2n) is 5.33. The van der Waals surface area contributed by atoms with Gasteiger partial charge in [0.1, 0.15) is 0 Å². The Labute approximate surface area is 88.2 Å². The Morgan fingerprint density at radius 2 is 1.36 bits per heavy atom. The first-order valence-electron chi connectivity index (χ1n) is 6.25. The third kappa shape index (κ3) is 2.48. The van der Waals surface area contributed by atoms with E-state index in [4.69, 9.17) is 0 Å². The average molecular weight is 196 g/mol. The van der Waals surface area contributed by atoms with E-state index in [-0.39, 0.29) is 0 Å². The van der Waals surface area contributed by atoms with Crippen LogP contribution in [0.2, 0.25) is 0 Å². The van der Waals surface area contributed by atoms with Crippen molar-refractivity contribution in [3.63, 3.8) is 0 Å². The van der Waals surface area contributed by atoms with Crippen LogP contribution in [0.4, 0.5) is 0 Å². The Morgan fingerprint density at radius 3 is 1.93 bits per heavy atom. The maximum absolute atomic E-state index is 2.62. The molecule has 0 spiro atoms. The molecule has 0 saturated carbocycles. The monoisotopic (exact) mass is 196 g/mol. The van der Waals surface area contributed by atoms with Crippen LogP contribution >= 0.6 is 0 Å². The second kappa shape index (κ2) is 4.63. The molecule has 2 atom stereocenters. The molecule has 0 aromatic heterocycles. The minimum absolute atomic E-state index is 0.890. The molecule has 2 heterocycles. The van der Waals surface area contributed by atoms with Crippen molar-refractivity contribution in [1.29, 1.82) is 0 Å². The summed E-state index contributed by atoms with van der Waals surface area (Å²) in [6.45, 7) is 9.99. The molecule has 0 aromatic carbocycles. The largest absolute Gasteiger partial charge is 0.242 e. The molecule has 0 radical (unpaired) electrons. The van der Waals surface area contributed by atoms with Crippen molar-refractivity contribution in [1.82, 2.24) is 10.0 Å². The summed E-state index contributed by atoms with van der Waals surface area (Å²) in [7, 11) is 0. The highest BCUT2D eigenvalue weighted by Gasteiger charge is 2.26. The third-order valence-corrected chi connectivity index (χ3v) is 3.58. The highest BCUT2D eigenvalue weighted by Crippen LogP contribution is 2.23. The van der Waals surface area contributed by atoms with Gasteiger partial charge in [0.15, 0.2) is 0 Å². The zero-order valence-corrected chi connectivity index (χ0v) is 9.71. The fraction of sp³-hybridized carbons (Fsp3) is 1.00. The van der Waals surface area contributed by atoms with Crippen LogP contribution in [0.1, 0.15) is 39.5 Å². The number of hydrogen-bond donors (Lipinski definition) is 0. The van der Waals surface area contributed by atoms with Gasteiger partial charge in [-0.25, -0.2) is 10.0 Å². The standard InChI is InChI=1S/C12H24N2/c1-11-8-12(2)10-14(9-11)13-6-4-3-5-7-13/h11-12H,3-10H2,1-2H3. The molecule has 0 amide bonds. The van der Waals surface area contributed by atoms with Crippen molar-refractivity contribution in [2.24, 2.45) is 11.8 Å². The first-order chi connectivity index (χ1) is 6.75. The molecule has 82 valence electrons. The van der Waals surface area contributed by atoms with Gasteiger partial charge in [-0.05, 0) is 31.1 Å². The van der Waals surface area contributed by atoms with Crippen molar-refractivity contribution < 1.29 is 0 Å². The zero-order chi connectivity index (χ0) is 9.97. The Kier molecular flexibility index (Phi) is 3.45. The van der Waals surface area contributed by atoms with E-state index >= 15 is 0 Å². The molecule has 2 heteroatoms. The lowest BCUT2D eigenvalue weighted by molar-refractivity contribution is -0.0776. The third-order valence-electron chi connectivity index (χ3n) is 3.58. The maximum atomic E-state index is 2.62. The fourth-order valence-corrected chi connectivity index (χ4v) is 3.02. The van der Waals surface area contributed by atoms with Crippen molar-refractivity contribution in [2.75, 3.05) is 26.2 Å². The van der Waals surface area contributed by atoms with E-state index < -0.39 is 0 Å². The van der Waals surface area contributed by atoms with Crippen LogP contribution in [-0.4, -0.2) is 36.2 Å². The fourth-order valence-electron chi connectivity index (χ4n) is 3.02. The number of hydrazine groups is 1. The molecular weight excluding hydrogens is 172 g/mol. The normalized spacial score (nSPS) is 37.3. The Morgan fingerprint density at radius 1 is 0.786 bits per heavy atom. The molecule has 2 unspecified atom stereocenters. The molecule has 2 aliphatic heterocycles. The molecule has 2 rings (SSSR count). The molecule has 2 nitrogen and oxygen atoms in total. The van der Waals surface area contributed by atoms with Gasteiger partial charge in [0, 0.05) is 26.2 Å². The van der Waals surface area contributed by atoms with Gasteiger partial charge in [-0.3, -0.25) is 0 Å². The zero-order valence-electron chi connectivity index (χ0n) is 9.71. The summed E-state index contributed by atoms with van der Waals surface area (Å²) in [6, 6.07) is 0. The minimum Gasteiger partial charge on any atom is -0.242 e. The van der Waals surface area contributed by atoms with E-state index in [9.17, 15) is 0 Å². The van der Waals surface area contributed by atoms with Crippen LogP contribution in [0.15, 0.2) is 0 Å². The Balaban J connectivity index is 1.88. The summed E-state index contributed by atoms with van der Waals surface area (Å²) in [6.07, 6.45) is 5.66. The van der Waals surface area contributed by atoms with Crippen molar-refractivity contribution in [3.05, 3.63) is 0 Å². The van der Waals surface area contributed by atoms with E-state index in [1.54, 1.807) is 0 Å². The van der Waals surface area contributed by atoms with Gasteiger partial charge in [0.05, 0.1) is 0 Å².